The molecule has 5 heteroatoms. The smallest absolute Gasteiger partial charge is 0.149 e. The van der Waals surface area contributed by atoms with Crippen LogP contribution in [0.2, 0.25) is 15.2 Å². The van der Waals surface area contributed by atoms with Crippen molar-refractivity contribution in [2.24, 2.45) is 5.92 Å². The van der Waals surface area contributed by atoms with E-state index in [2.05, 4.69) is 4.98 Å². The van der Waals surface area contributed by atoms with Gasteiger partial charge >= 0.3 is 0 Å². The number of thioether (sulfide) groups is 1. The van der Waals surface area contributed by atoms with Crippen LogP contribution in [0.25, 0.3) is 0 Å². The summed E-state index contributed by atoms with van der Waals surface area (Å²) in [5, 5.41) is 2.14. The molecule has 2 rings (SSSR count). The maximum Gasteiger partial charge on any atom is 0.149 e. The number of halogens is 3. The van der Waals surface area contributed by atoms with Gasteiger partial charge in [0.05, 0.1) is 10.0 Å². The van der Waals surface area contributed by atoms with Crippen molar-refractivity contribution in [3.63, 3.8) is 0 Å². The lowest BCUT2D eigenvalue weighted by Crippen LogP contribution is -1.97. The molecule has 0 aliphatic heterocycles. The molecular formula is C11H12Cl3NS. The SMILES string of the molecule is Clc1cc(Cl)c(SCC2CCCC2)nc1Cl. The maximum absolute atomic E-state index is 6.06. The Kier molecular flexibility index (Phi) is 4.66. The first-order valence-electron chi connectivity index (χ1n) is 5.31. The number of hydrogen-bond acceptors (Lipinski definition) is 2. The fraction of sp³-hybridized carbons (Fsp3) is 0.545. The lowest BCUT2D eigenvalue weighted by molar-refractivity contribution is 0.623. The second-order valence-electron chi connectivity index (χ2n) is 4.01. The fourth-order valence-electron chi connectivity index (χ4n) is 1.90. The van der Waals surface area contributed by atoms with Crippen molar-refractivity contribution in [1.29, 1.82) is 0 Å². The Morgan fingerprint density at radius 3 is 2.56 bits per heavy atom. The Morgan fingerprint density at radius 1 is 1.19 bits per heavy atom. The van der Waals surface area contributed by atoms with E-state index in [0.29, 0.717) is 15.2 Å². The molecule has 1 aliphatic carbocycles. The molecule has 0 spiro atoms. The molecule has 1 nitrogen and oxygen atoms in total. The molecule has 0 bridgehead atoms. The lowest BCUT2D eigenvalue weighted by Gasteiger charge is -2.09. The van der Waals surface area contributed by atoms with Gasteiger partial charge in [0, 0.05) is 5.75 Å². The van der Waals surface area contributed by atoms with E-state index < -0.39 is 0 Å². The third-order valence-corrected chi connectivity index (χ3v) is 5.08. The van der Waals surface area contributed by atoms with E-state index in [0.717, 1.165) is 16.7 Å². The zero-order valence-corrected chi connectivity index (χ0v) is 11.8. The van der Waals surface area contributed by atoms with E-state index in [1.807, 2.05) is 0 Å². The van der Waals surface area contributed by atoms with E-state index in [4.69, 9.17) is 34.8 Å². The summed E-state index contributed by atoms with van der Waals surface area (Å²) >= 11 is 19.4. The van der Waals surface area contributed by atoms with Gasteiger partial charge in [0.2, 0.25) is 0 Å². The van der Waals surface area contributed by atoms with Crippen molar-refractivity contribution in [3.05, 3.63) is 21.3 Å². The van der Waals surface area contributed by atoms with Crippen LogP contribution in [0.1, 0.15) is 25.7 Å². The summed E-state index contributed by atoms with van der Waals surface area (Å²) in [5.41, 5.74) is 0. The molecule has 0 atom stereocenters. The third-order valence-electron chi connectivity index (χ3n) is 2.79. The van der Waals surface area contributed by atoms with Crippen LogP contribution in [0, 0.1) is 5.92 Å². The van der Waals surface area contributed by atoms with E-state index in [9.17, 15) is 0 Å². The minimum absolute atomic E-state index is 0.333. The van der Waals surface area contributed by atoms with Gasteiger partial charge in [0.25, 0.3) is 0 Å². The molecular weight excluding hydrogens is 285 g/mol. The number of aromatic nitrogens is 1. The molecule has 1 saturated carbocycles. The predicted molar refractivity (Wildman–Crippen MR) is 71.9 cm³/mol. The summed E-state index contributed by atoms with van der Waals surface area (Å²) in [6.45, 7) is 0. The minimum Gasteiger partial charge on any atom is -0.227 e. The first-order chi connectivity index (χ1) is 7.66. The number of pyridine rings is 1. The van der Waals surface area contributed by atoms with Crippen molar-refractivity contribution in [2.45, 2.75) is 30.7 Å². The van der Waals surface area contributed by atoms with Crippen molar-refractivity contribution in [1.82, 2.24) is 4.98 Å². The molecule has 0 unspecified atom stereocenters. The molecule has 0 radical (unpaired) electrons. The van der Waals surface area contributed by atoms with Crippen LogP contribution >= 0.6 is 46.6 Å². The quantitative estimate of drug-likeness (QED) is 0.553. The molecule has 16 heavy (non-hydrogen) atoms. The van der Waals surface area contributed by atoms with Gasteiger partial charge in [-0.3, -0.25) is 0 Å². The van der Waals surface area contributed by atoms with Gasteiger partial charge in [-0.25, -0.2) is 4.98 Å². The summed E-state index contributed by atoms with van der Waals surface area (Å²) in [4.78, 5) is 4.20. The summed E-state index contributed by atoms with van der Waals surface area (Å²) < 4.78 is 0. The summed E-state index contributed by atoms with van der Waals surface area (Å²) in [6.07, 6.45) is 5.36. The van der Waals surface area contributed by atoms with Gasteiger partial charge in [-0.2, -0.15) is 0 Å². The molecule has 0 N–H and O–H groups in total. The number of nitrogens with zero attached hydrogens (tertiary/aromatic N) is 1. The van der Waals surface area contributed by atoms with Crippen LogP contribution < -0.4 is 0 Å². The highest BCUT2D eigenvalue weighted by molar-refractivity contribution is 7.99. The largest absolute Gasteiger partial charge is 0.227 e. The summed E-state index contributed by atoms with van der Waals surface area (Å²) in [6, 6.07) is 1.66. The molecule has 1 aliphatic rings. The minimum atomic E-state index is 0.333. The van der Waals surface area contributed by atoms with Crippen LogP contribution in [-0.2, 0) is 0 Å². The van der Waals surface area contributed by atoms with Crippen LogP contribution in [0.5, 0.6) is 0 Å². The molecule has 0 aromatic carbocycles. The molecule has 1 aromatic heterocycles. The average Bonchev–Trinajstić information content (AvgIpc) is 2.74. The predicted octanol–water partition coefficient (Wildman–Crippen LogP) is 5.32. The van der Waals surface area contributed by atoms with E-state index in [1.165, 1.54) is 25.7 Å². The number of hydrogen-bond donors (Lipinski definition) is 0. The van der Waals surface area contributed by atoms with Crippen LogP contribution in [0.15, 0.2) is 11.1 Å². The van der Waals surface area contributed by atoms with Crippen molar-refractivity contribution >= 4 is 46.6 Å². The molecule has 88 valence electrons. The zero-order valence-electron chi connectivity index (χ0n) is 8.68. The Bertz CT molecular complexity index is 378. The Labute approximate surface area is 115 Å². The van der Waals surface area contributed by atoms with E-state index in [1.54, 1.807) is 17.8 Å². The standard InChI is InChI=1S/C11H12Cl3NS/c12-8-5-9(13)11(15-10(8)14)16-6-7-3-1-2-4-7/h5,7H,1-4,6H2. The fourth-order valence-corrected chi connectivity index (χ4v) is 3.69. The van der Waals surface area contributed by atoms with Gasteiger partial charge < -0.3 is 0 Å². The van der Waals surface area contributed by atoms with E-state index >= 15 is 0 Å². The summed E-state index contributed by atoms with van der Waals surface area (Å²) in [5.74, 6) is 1.88. The van der Waals surface area contributed by atoms with Crippen LogP contribution in [0.4, 0.5) is 0 Å². The first kappa shape index (κ1) is 12.8. The van der Waals surface area contributed by atoms with Crippen LogP contribution in [0.3, 0.4) is 0 Å². The molecule has 1 heterocycles. The molecule has 0 amide bonds. The van der Waals surface area contributed by atoms with Gasteiger partial charge in [0.15, 0.2) is 0 Å². The van der Waals surface area contributed by atoms with Crippen molar-refractivity contribution < 1.29 is 0 Å². The molecule has 1 fully saturated rings. The first-order valence-corrected chi connectivity index (χ1v) is 7.43. The highest BCUT2D eigenvalue weighted by atomic mass is 35.5. The Balaban J connectivity index is 2.00. The van der Waals surface area contributed by atoms with E-state index in [-0.39, 0.29) is 0 Å². The highest BCUT2D eigenvalue weighted by Crippen LogP contribution is 2.35. The second kappa shape index (κ2) is 5.81. The lowest BCUT2D eigenvalue weighted by atomic mass is 10.1. The monoisotopic (exact) mass is 295 g/mol. The topological polar surface area (TPSA) is 12.9 Å². The van der Waals surface area contributed by atoms with Crippen molar-refractivity contribution in [3.8, 4) is 0 Å². The third kappa shape index (κ3) is 3.19. The normalized spacial score (nSPS) is 16.9. The van der Waals surface area contributed by atoms with Gasteiger partial charge in [-0.05, 0) is 24.8 Å². The van der Waals surface area contributed by atoms with Gasteiger partial charge in [-0.15, -0.1) is 11.8 Å². The van der Waals surface area contributed by atoms with Crippen LogP contribution in [-0.4, -0.2) is 10.7 Å². The zero-order chi connectivity index (χ0) is 11.5. The average molecular weight is 297 g/mol. The summed E-state index contributed by atoms with van der Waals surface area (Å²) in [7, 11) is 0. The van der Waals surface area contributed by atoms with Gasteiger partial charge in [0.1, 0.15) is 10.2 Å². The molecule has 0 saturated heterocycles. The maximum atomic E-state index is 6.06. The van der Waals surface area contributed by atoms with Crippen molar-refractivity contribution in [2.75, 3.05) is 5.75 Å². The number of rotatable bonds is 3. The molecule has 1 aromatic rings. The Morgan fingerprint density at radius 2 is 1.88 bits per heavy atom. The second-order valence-corrected chi connectivity index (χ2v) is 6.19. The highest BCUT2D eigenvalue weighted by Gasteiger charge is 2.16. The van der Waals surface area contributed by atoms with Gasteiger partial charge in [-0.1, -0.05) is 47.6 Å². The Hall–Kier alpha value is 0.370.